The maximum absolute atomic E-state index is 11.0. The number of carbonyl (C=O) groups is 1. The molecule has 17 heavy (non-hydrogen) atoms. The van der Waals surface area contributed by atoms with Crippen LogP contribution in [0.2, 0.25) is 0 Å². The molecule has 0 amide bonds. The monoisotopic (exact) mass is 224 g/mol. The molecule has 84 valence electrons. The molecule has 2 aromatic carbocycles. The lowest BCUT2D eigenvalue weighted by molar-refractivity contribution is 0.0696. The Kier molecular flexibility index (Phi) is 3.36. The molecule has 0 radical (unpaired) electrons. The molecule has 0 atom stereocenters. The van der Waals surface area contributed by atoms with Crippen LogP contribution in [0.1, 0.15) is 21.5 Å². The predicted octanol–water partition coefficient (Wildman–Crippen LogP) is 3.56. The molecular formula is C15H12O2. The molecule has 2 aromatic rings. The zero-order valence-electron chi connectivity index (χ0n) is 9.21. The van der Waals surface area contributed by atoms with Crippen molar-refractivity contribution in [1.29, 1.82) is 0 Å². The molecule has 0 saturated carbocycles. The molecule has 1 N–H and O–H groups in total. The number of hydrogen-bond acceptors (Lipinski definition) is 1. The summed E-state index contributed by atoms with van der Waals surface area (Å²) in [6, 6.07) is 16.7. The van der Waals surface area contributed by atoms with Crippen LogP contribution in [0, 0.1) is 0 Å². The van der Waals surface area contributed by atoms with Gasteiger partial charge in [-0.15, -0.1) is 0 Å². The lowest BCUT2D eigenvalue weighted by Crippen LogP contribution is -1.98. The molecule has 0 bridgehead atoms. The van der Waals surface area contributed by atoms with Crippen molar-refractivity contribution in [2.75, 3.05) is 0 Å². The summed E-state index contributed by atoms with van der Waals surface area (Å²) in [6.07, 6.45) is 3.72. The average molecular weight is 224 g/mol. The van der Waals surface area contributed by atoms with E-state index in [0.717, 1.165) is 5.56 Å². The molecule has 0 saturated heterocycles. The van der Waals surface area contributed by atoms with E-state index in [1.54, 1.807) is 18.2 Å². The molecule has 0 aliphatic heterocycles. The minimum absolute atomic E-state index is 0.319. The van der Waals surface area contributed by atoms with Gasteiger partial charge in [0.15, 0.2) is 0 Å². The molecule has 0 fully saturated rings. The van der Waals surface area contributed by atoms with Crippen molar-refractivity contribution in [1.82, 2.24) is 0 Å². The molecule has 0 heterocycles. The Balaban J connectivity index is 2.30. The van der Waals surface area contributed by atoms with Gasteiger partial charge in [0, 0.05) is 0 Å². The van der Waals surface area contributed by atoms with Crippen molar-refractivity contribution < 1.29 is 9.90 Å². The standard InChI is InChI=1S/C15H12O2/c16-15(17)14-9-5-4-8-13(14)11-10-12-6-2-1-3-7-12/h1-11H,(H,16,17). The van der Waals surface area contributed by atoms with Crippen LogP contribution in [0.4, 0.5) is 0 Å². The summed E-state index contributed by atoms with van der Waals surface area (Å²) < 4.78 is 0. The van der Waals surface area contributed by atoms with Crippen LogP contribution in [0.15, 0.2) is 54.6 Å². The van der Waals surface area contributed by atoms with Crippen LogP contribution in [-0.2, 0) is 0 Å². The van der Waals surface area contributed by atoms with Crippen LogP contribution in [0.25, 0.3) is 12.2 Å². The predicted molar refractivity (Wildman–Crippen MR) is 68.8 cm³/mol. The highest BCUT2D eigenvalue weighted by Crippen LogP contribution is 2.13. The maximum Gasteiger partial charge on any atom is 0.336 e. The first-order valence-electron chi connectivity index (χ1n) is 5.33. The van der Waals surface area contributed by atoms with Crippen molar-refractivity contribution >= 4 is 18.1 Å². The van der Waals surface area contributed by atoms with E-state index in [-0.39, 0.29) is 0 Å². The Morgan fingerprint density at radius 1 is 0.882 bits per heavy atom. The second-order valence-electron chi connectivity index (χ2n) is 3.64. The molecule has 2 rings (SSSR count). The van der Waals surface area contributed by atoms with Crippen molar-refractivity contribution in [3.8, 4) is 0 Å². The highest BCUT2D eigenvalue weighted by atomic mass is 16.4. The summed E-state index contributed by atoms with van der Waals surface area (Å²) in [6.45, 7) is 0. The van der Waals surface area contributed by atoms with Gasteiger partial charge in [0.2, 0.25) is 0 Å². The van der Waals surface area contributed by atoms with Crippen molar-refractivity contribution in [3.63, 3.8) is 0 Å². The lowest BCUT2D eigenvalue weighted by atomic mass is 10.1. The van der Waals surface area contributed by atoms with Crippen LogP contribution < -0.4 is 0 Å². The van der Waals surface area contributed by atoms with Gasteiger partial charge in [-0.2, -0.15) is 0 Å². The van der Waals surface area contributed by atoms with Crippen LogP contribution in [-0.4, -0.2) is 11.1 Å². The summed E-state index contributed by atoms with van der Waals surface area (Å²) in [4.78, 5) is 11.0. The van der Waals surface area contributed by atoms with Crippen LogP contribution >= 0.6 is 0 Å². The van der Waals surface area contributed by atoms with Crippen molar-refractivity contribution in [2.24, 2.45) is 0 Å². The van der Waals surface area contributed by atoms with Gasteiger partial charge >= 0.3 is 5.97 Å². The number of rotatable bonds is 3. The van der Waals surface area contributed by atoms with Gasteiger partial charge < -0.3 is 5.11 Å². The van der Waals surface area contributed by atoms with Crippen LogP contribution in [0.3, 0.4) is 0 Å². The normalized spacial score (nSPS) is 10.6. The van der Waals surface area contributed by atoms with E-state index in [2.05, 4.69) is 0 Å². The molecule has 2 nitrogen and oxygen atoms in total. The molecule has 0 aromatic heterocycles. The number of benzene rings is 2. The van der Waals surface area contributed by atoms with Gasteiger partial charge in [-0.1, -0.05) is 60.7 Å². The number of aromatic carboxylic acids is 1. The molecule has 0 aliphatic rings. The Labute approximate surface area is 99.8 Å². The van der Waals surface area contributed by atoms with Gasteiger partial charge in [-0.05, 0) is 17.2 Å². The SMILES string of the molecule is O=C(O)c1ccccc1C=Cc1ccccc1. The second kappa shape index (κ2) is 5.12. The Hall–Kier alpha value is -2.35. The summed E-state index contributed by atoms with van der Waals surface area (Å²) >= 11 is 0. The third kappa shape index (κ3) is 2.82. The highest BCUT2D eigenvalue weighted by molar-refractivity contribution is 5.93. The Morgan fingerprint density at radius 2 is 1.53 bits per heavy atom. The number of carboxylic acid groups (broad SMARTS) is 1. The first-order chi connectivity index (χ1) is 8.27. The van der Waals surface area contributed by atoms with Gasteiger partial charge in [0.05, 0.1) is 5.56 Å². The molecular weight excluding hydrogens is 212 g/mol. The average Bonchev–Trinajstić information content (AvgIpc) is 2.38. The largest absolute Gasteiger partial charge is 0.478 e. The quantitative estimate of drug-likeness (QED) is 0.809. The van der Waals surface area contributed by atoms with Gasteiger partial charge in [0.25, 0.3) is 0 Å². The number of carboxylic acids is 1. The van der Waals surface area contributed by atoms with E-state index in [9.17, 15) is 4.79 Å². The van der Waals surface area contributed by atoms with Crippen molar-refractivity contribution in [2.45, 2.75) is 0 Å². The molecule has 2 heteroatoms. The molecule has 0 spiro atoms. The lowest BCUT2D eigenvalue weighted by Gasteiger charge is -1.99. The van der Waals surface area contributed by atoms with E-state index in [1.807, 2.05) is 48.6 Å². The topological polar surface area (TPSA) is 37.3 Å². The summed E-state index contributed by atoms with van der Waals surface area (Å²) in [5, 5.41) is 9.03. The fourth-order valence-corrected chi connectivity index (χ4v) is 1.59. The van der Waals surface area contributed by atoms with E-state index in [0.29, 0.717) is 11.1 Å². The van der Waals surface area contributed by atoms with E-state index >= 15 is 0 Å². The number of hydrogen-bond donors (Lipinski definition) is 1. The fourth-order valence-electron chi connectivity index (χ4n) is 1.59. The fraction of sp³-hybridized carbons (Fsp3) is 0. The molecule has 0 aliphatic carbocycles. The Bertz CT molecular complexity index is 542. The van der Waals surface area contributed by atoms with E-state index in [1.165, 1.54) is 0 Å². The van der Waals surface area contributed by atoms with E-state index in [4.69, 9.17) is 5.11 Å². The van der Waals surface area contributed by atoms with E-state index < -0.39 is 5.97 Å². The third-order valence-corrected chi connectivity index (χ3v) is 2.45. The molecule has 0 unspecified atom stereocenters. The zero-order valence-corrected chi connectivity index (χ0v) is 9.21. The first-order valence-corrected chi connectivity index (χ1v) is 5.33. The highest BCUT2D eigenvalue weighted by Gasteiger charge is 2.05. The first kappa shape index (κ1) is 11.1. The summed E-state index contributed by atoms with van der Waals surface area (Å²) in [7, 11) is 0. The van der Waals surface area contributed by atoms with Gasteiger partial charge in [-0.25, -0.2) is 4.79 Å². The zero-order chi connectivity index (χ0) is 12.1. The maximum atomic E-state index is 11.0. The minimum atomic E-state index is -0.904. The second-order valence-corrected chi connectivity index (χ2v) is 3.64. The minimum Gasteiger partial charge on any atom is -0.478 e. The third-order valence-electron chi connectivity index (χ3n) is 2.45. The Morgan fingerprint density at radius 3 is 2.24 bits per heavy atom. The van der Waals surface area contributed by atoms with Gasteiger partial charge in [-0.3, -0.25) is 0 Å². The van der Waals surface area contributed by atoms with Gasteiger partial charge in [0.1, 0.15) is 0 Å². The summed E-state index contributed by atoms with van der Waals surface area (Å²) in [5.41, 5.74) is 2.08. The smallest absolute Gasteiger partial charge is 0.336 e. The van der Waals surface area contributed by atoms with Crippen LogP contribution in [0.5, 0.6) is 0 Å². The van der Waals surface area contributed by atoms with Crippen molar-refractivity contribution in [3.05, 3.63) is 71.3 Å². The summed E-state index contributed by atoms with van der Waals surface area (Å²) in [5.74, 6) is -0.904.